The molecule has 2 atom stereocenters. The minimum Gasteiger partial charge on any atom is -0.207 e. The third-order valence-electron chi connectivity index (χ3n) is 2.69. The second-order valence-electron chi connectivity index (χ2n) is 3.66. The first-order valence-corrected chi connectivity index (χ1v) is 5.57. The Morgan fingerprint density at radius 3 is 2.77 bits per heavy atom. The van der Waals surface area contributed by atoms with E-state index in [0.717, 1.165) is 12.0 Å². The maximum atomic E-state index is 12.9. The van der Waals surface area contributed by atoms with E-state index in [4.69, 9.17) is 0 Å². The van der Waals surface area contributed by atoms with E-state index in [1.54, 1.807) is 12.1 Å². The molecule has 13 heavy (non-hydrogen) atoms. The molecule has 0 nitrogen and oxygen atoms in total. The highest BCUT2D eigenvalue weighted by atomic mass is 79.9. The van der Waals surface area contributed by atoms with Crippen molar-refractivity contribution >= 4 is 15.9 Å². The van der Waals surface area contributed by atoms with E-state index >= 15 is 0 Å². The van der Waals surface area contributed by atoms with Crippen LogP contribution in [0.4, 0.5) is 4.39 Å². The fraction of sp³-hybridized carbons (Fsp3) is 0.455. The molecule has 0 heterocycles. The number of benzene rings is 1. The maximum absolute atomic E-state index is 12.9. The zero-order chi connectivity index (χ0) is 9.26. The number of rotatable bonds is 1. The molecule has 1 aliphatic carbocycles. The Morgan fingerprint density at radius 1 is 1.31 bits per heavy atom. The molecule has 70 valence electrons. The van der Waals surface area contributed by atoms with Gasteiger partial charge in [-0.15, -0.1) is 0 Å². The Balaban J connectivity index is 2.16. The zero-order valence-corrected chi connectivity index (χ0v) is 8.93. The second-order valence-corrected chi connectivity index (χ2v) is 4.96. The summed E-state index contributed by atoms with van der Waals surface area (Å²) in [7, 11) is 0. The van der Waals surface area contributed by atoms with Crippen LogP contribution in [0.3, 0.4) is 0 Å². The third kappa shape index (κ3) is 2.11. The Hall–Kier alpha value is -0.370. The number of hydrogen-bond acceptors (Lipinski definition) is 0. The van der Waals surface area contributed by atoms with Crippen LogP contribution < -0.4 is 0 Å². The molecule has 0 radical (unpaired) electrons. The van der Waals surface area contributed by atoms with Gasteiger partial charge in [0.05, 0.1) is 0 Å². The standard InChI is InChI=1S/C11H12BrF/c12-10-5-4-9(6-10)8-2-1-3-11(13)7-8/h1-3,7,9-10H,4-6H2. The molecule has 2 heteroatoms. The van der Waals surface area contributed by atoms with Crippen molar-refractivity contribution in [1.82, 2.24) is 0 Å². The first-order chi connectivity index (χ1) is 6.25. The predicted molar refractivity (Wildman–Crippen MR) is 55.7 cm³/mol. The van der Waals surface area contributed by atoms with E-state index in [1.807, 2.05) is 6.07 Å². The van der Waals surface area contributed by atoms with E-state index in [2.05, 4.69) is 15.9 Å². The molecule has 1 fully saturated rings. The van der Waals surface area contributed by atoms with Crippen LogP contribution in [0.25, 0.3) is 0 Å². The van der Waals surface area contributed by atoms with Crippen LogP contribution in [-0.4, -0.2) is 4.83 Å². The smallest absolute Gasteiger partial charge is 0.123 e. The normalized spacial score (nSPS) is 27.8. The van der Waals surface area contributed by atoms with Gasteiger partial charge in [-0.25, -0.2) is 4.39 Å². The van der Waals surface area contributed by atoms with Gasteiger partial charge in [-0.1, -0.05) is 28.1 Å². The van der Waals surface area contributed by atoms with Crippen molar-refractivity contribution in [1.29, 1.82) is 0 Å². The van der Waals surface area contributed by atoms with Gasteiger partial charge in [-0.2, -0.15) is 0 Å². The average Bonchev–Trinajstić information content (AvgIpc) is 2.52. The van der Waals surface area contributed by atoms with Crippen molar-refractivity contribution in [3.63, 3.8) is 0 Å². The highest BCUT2D eigenvalue weighted by Gasteiger charge is 2.23. The zero-order valence-electron chi connectivity index (χ0n) is 7.34. The van der Waals surface area contributed by atoms with Crippen molar-refractivity contribution in [2.75, 3.05) is 0 Å². The molecule has 2 unspecified atom stereocenters. The van der Waals surface area contributed by atoms with Crippen LogP contribution >= 0.6 is 15.9 Å². The molecule has 0 aromatic heterocycles. The van der Waals surface area contributed by atoms with Crippen molar-refractivity contribution in [2.24, 2.45) is 0 Å². The van der Waals surface area contributed by atoms with Crippen molar-refractivity contribution in [3.05, 3.63) is 35.6 Å². The Labute approximate surface area is 86.3 Å². The molecular formula is C11H12BrF. The molecule has 0 aliphatic heterocycles. The van der Waals surface area contributed by atoms with Crippen LogP contribution in [0.5, 0.6) is 0 Å². The Bertz CT molecular complexity index is 298. The molecule has 0 saturated heterocycles. The minimum absolute atomic E-state index is 0.115. The van der Waals surface area contributed by atoms with Crippen LogP contribution in [-0.2, 0) is 0 Å². The fourth-order valence-corrected chi connectivity index (χ4v) is 2.71. The monoisotopic (exact) mass is 242 g/mol. The van der Waals surface area contributed by atoms with Gasteiger partial charge in [0.1, 0.15) is 5.82 Å². The summed E-state index contributed by atoms with van der Waals surface area (Å²) in [6, 6.07) is 6.99. The predicted octanol–water partition coefficient (Wildman–Crippen LogP) is 3.86. The first kappa shape index (κ1) is 9.20. The molecule has 1 aromatic rings. The van der Waals surface area contributed by atoms with E-state index < -0.39 is 0 Å². The van der Waals surface area contributed by atoms with Crippen molar-refractivity contribution in [2.45, 2.75) is 30.0 Å². The molecule has 0 amide bonds. The van der Waals surface area contributed by atoms with Crippen LogP contribution in [0.2, 0.25) is 0 Å². The van der Waals surface area contributed by atoms with Crippen LogP contribution in [0.15, 0.2) is 24.3 Å². The summed E-state index contributed by atoms with van der Waals surface area (Å²) in [5.74, 6) is 0.440. The SMILES string of the molecule is Fc1cccc(C2CCC(Br)C2)c1. The summed E-state index contributed by atoms with van der Waals surface area (Å²) < 4.78 is 12.9. The number of halogens is 2. The van der Waals surface area contributed by atoms with Crippen molar-refractivity contribution < 1.29 is 4.39 Å². The molecule has 0 bridgehead atoms. The lowest BCUT2D eigenvalue weighted by molar-refractivity contribution is 0.619. The third-order valence-corrected chi connectivity index (χ3v) is 3.52. The topological polar surface area (TPSA) is 0 Å². The van der Waals surface area contributed by atoms with E-state index in [-0.39, 0.29) is 5.82 Å². The Kier molecular flexibility index (Phi) is 2.68. The van der Waals surface area contributed by atoms with Gasteiger partial charge in [-0.3, -0.25) is 0 Å². The molecule has 1 saturated carbocycles. The molecule has 1 aliphatic rings. The summed E-state index contributed by atoms with van der Waals surface area (Å²) in [4.78, 5) is 0.626. The molecule has 2 rings (SSSR count). The summed E-state index contributed by atoms with van der Waals surface area (Å²) in [6.45, 7) is 0. The fourth-order valence-electron chi connectivity index (χ4n) is 1.99. The van der Waals surface area contributed by atoms with E-state index in [0.29, 0.717) is 10.7 Å². The molecule has 1 aromatic carbocycles. The highest BCUT2D eigenvalue weighted by Crippen LogP contribution is 2.37. The second kappa shape index (κ2) is 3.79. The summed E-state index contributed by atoms with van der Waals surface area (Å²) in [6.07, 6.45) is 3.53. The largest absolute Gasteiger partial charge is 0.207 e. The van der Waals surface area contributed by atoms with Gasteiger partial charge in [0.2, 0.25) is 0 Å². The summed E-state index contributed by atoms with van der Waals surface area (Å²) in [5.41, 5.74) is 1.15. The van der Waals surface area contributed by atoms with Gasteiger partial charge in [-0.05, 0) is 42.9 Å². The molecule has 0 N–H and O–H groups in total. The van der Waals surface area contributed by atoms with Gasteiger partial charge in [0, 0.05) is 4.83 Å². The number of alkyl halides is 1. The molecular weight excluding hydrogens is 231 g/mol. The van der Waals surface area contributed by atoms with Gasteiger partial charge in [0.25, 0.3) is 0 Å². The first-order valence-electron chi connectivity index (χ1n) is 4.65. The lowest BCUT2D eigenvalue weighted by Gasteiger charge is -2.08. The van der Waals surface area contributed by atoms with Gasteiger partial charge >= 0.3 is 0 Å². The summed E-state index contributed by atoms with van der Waals surface area (Å²) in [5, 5.41) is 0. The maximum Gasteiger partial charge on any atom is 0.123 e. The Morgan fingerprint density at radius 2 is 2.15 bits per heavy atom. The van der Waals surface area contributed by atoms with E-state index in [9.17, 15) is 4.39 Å². The van der Waals surface area contributed by atoms with E-state index in [1.165, 1.54) is 18.9 Å². The number of hydrogen-bond donors (Lipinski definition) is 0. The highest BCUT2D eigenvalue weighted by molar-refractivity contribution is 9.09. The van der Waals surface area contributed by atoms with Crippen LogP contribution in [0.1, 0.15) is 30.7 Å². The lowest BCUT2D eigenvalue weighted by Crippen LogP contribution is -1.94. The molecule has 0 spiro atoms. The van der Waals surface area contributed by atoms with Gasteiger partial charge < -0.3 is 0 Å². The average molecular weight is 243 g/mol. The minimum atomic E-state index is -0.115. The summed E-state index contributed by atoms with van der Waals surface area (Å²) >= 11 is 3.60. The van der Waals surface area contributed by atoms with Crippen molar-refractivity contribution in [3.8, 4) is 0 Å². The lowest BCUT2D eigenvalue weighted by atomic mass is 9.98. The van der Waals surface area contributed by atoms with Gasteiger partial charge in [0.15, 0.2) is 0 Å². The van der Waals surface area contributed by atoms with Crippen LogP contribution in [0, 0.1) is 5.82 Å². The quantitative estimate of drug-likeness (QED) is 0.657.